The molecule has 1 heterocycles. The second-order valence-electron chi connectivity index (χ2n) is 12.7. The van der Waals surface area contributed by atoms with E-state index >= 15 is 0 Å². The molecule has 2 aliphatic rings. The van der Waals surface area contributed by atoms with E-state index in [9.17, 15) is 13.5 Å². The zero-order chi connectivity index (χ0) is 32.9. The summed E-state index contributed by atoms with van der Waals surface area (Å²) in [6, 6.07) is 35.9. The van der Waals surface area contributed by atoms with Crippen LogP contribution in [-0.2, 0) is 29.6 Å². The van der Waals surface area contributed by atoms with Gasteiger partial charge < -0.3 is 24.6 Å². The van der Waals surface area contributed by atoms with Crippen LogP contribution in [0.3, 0.4) is 0 Å². The second kappa shape index (κ2) is 14.8. The van der Waals surface area contributed by atoms with Crippen molar-refractivity contribution in [3.8, 4) is 0 Å². The fraction of sp³-hybridized carbons (Fsp3) is 0.385. The smallest absolute Gasteiger partial charge is 0.185 e. The first-order valence-electron chi connectivity index (χ1n) is 16.6. The molecule has 47 heavy (non-hydrogen) atoms. The molecule has 0 spiro atoms. The van der Waals surface area contributed by atoms with Gasteiger partial charge in [0, 0.05) is 13.2 Å². The van der Waals surface area contributed by atoms with Crippen LogP contribution >= 0.6 is 0 Å². The number of sulfone groups is 1. The van der Waals surface area contributed by atoms with Crippen LogP contribution in [0.25, 0.3) is 0 Å². The molecule has 1 saturated heterocycles. The van der Waals surface area contributed by atoms with E-state index in [-0.39, 0.29) is 17.5 Å². The first-order chi connectivity index (χ1) is 22.8. The molecule has 2 fully saturated rings. The minimum atomic E-state index is -4.04. The van der Waals surface area contributed by atoms with Crippen molar-refractivity contribution in [1.82, 2.24) is 5.32 Å². The quantitative estimate of drug-likeness (QED) is 0.187. The van der Waals surface area contributed by atoms with Gasteiger partial charge in [0.15, 0.2) is 16.1 Å². The molecular formula is C39H45NO6S. The Bertz CT molecular complexity index is 1560. The van der Waals surface area contributed by atoms with Crippen LogP contribution in [-0.4, -0.2) is 63.1 Å². The molecule has 0 amide bonds. The fourth-order valence-electron chi connectivity index (χ4n) is 7.21. The Morgan fingerprint density at radius 1 is 0.787 bits per heavy atom. The third kappa shape index (κ3) is 6.95. The number of aliphatic hydroxyl groups is 1. The first kappa shape index (κ1) is 33.5. The average Bonchev–Trinajstić information content (AvgIpc) is 3.11. The van der Waals surface area contributed by atoms with Crippen molar-refractivity contribution >= 4 is 9.84 Å². The number of hydrogen-bond donors (Lipinski definition) is 2. The highest BCUT2D eigenvalue weighted by molar-refractivity contribution is 7.92. The summed E-state index contributed by atoms with van der Waals surface area (Å²) in [7, 11) is -2.52. The standard InChI is InChI=1S/C39H45NO6S/c1-28-23-25-33(26-24-28)47(42,43)37-35(40-32-21-13-6-14-22-32)38(44-2)46-34(36(37)41)27-45-39(29-15-7-3-8-16-29,30-17-9-4-10-18-30)31-19-11-5-12-20-31/h3-5,7-12,15-20,23-26,32,34-38,40-41H,6,13-14,21-22,27H2,1-2H3/t34-,35-,36-,37-,38+/m1/s1. The third-order valence-corrected chi connectivity index (χ3v) is 11.9. The van der Waals surface area contributed by atoms with E-state index < -0.39 is 45.2 Å². The molecule has 8 heteroatoms. The van der Waals surface area contributed by atoms with Crippen LogP contribution in [0.15, 0.2) is 120 Å². The molecule has 0 radical (unpaired) electrons. The van der Waals surface area contributed by atoms with Gasteiger partial charge in [-0.25, -0.2) is 8.42 Å². The summed E-state index contributed by atoms with van der Waals surface area (Å²) in [4.78, 5) is 0.159. The number of methoxy groups -OCH3 is 1. The van der Waals surface area contributed by atoms with Gasteiger partial charge in [-0.15, -0.1) is 0 Å². The molecule has 0 bridgehead atoms. The lowest BCUT2D eigenvalue weighted by molar-refractivity contribution is -0.240. The number of aryl methyl sites for hydroxylation is 1. The normalized spacial score (nSPS) is 24.2. The molecule has 7 nitrogen and oxygen atoms in total. The Labute approximate surface area is 278 Å². The highest BCUT2D eigenvalue weighted by Crippen LogP contribution is 2.42. The number of benzene rings is 4. The van der Waals surface area contributed by atoms with E-state index in [1.54, 1.807) is 24.3 Å². The zero-order valence-electron chi connectivity index (χ0n) is 27.1. The maximum absolute atomic E-state index is 14.5. The van der Waals surface area contributed by atoms with Gasteiger partial charge in [0.1, 0.15) is 23.1 Å². The van der Waals surface area contributed by atoms with E-state index in [1.807, 2.05) is 97.9 Å². The molecular weight excluding hydrogens is 610 g/mol. The lowest BCUT2D eigenvalue weighted by Crippen LogP contribution is -2.67. The molecule has 5 atom stereocenters. The number of aliphatic hydroxyl groups excluding tert-OH is 1. The minimum absolute atomic E-state index is 0.101. The molecule has 1 aliphatic heterocycles. The first-order valence-corrected chi connectivity index (χ1v) is 18.1. The van der Waals surface area contributed by atoms with Gasteiger partial charge in [-0.2, -0.15) is 0 Å². The van der Waals surface area contributed by atoms with Crippen molar-refractivity contribution in [1.29, 1.82) is 0 Å². The van der Waals surface area contributed by atoms with Crippen molar-refractivity contribution < 1.29 is 27.7 Å². The van der Waals surface area contributed by atoms with Gasteiger partial charge in [-0.1, -0.05) is 128 Å². The second-order valence-corrected chi connectivity index (χ2v) is 14.8. The number of nitrogens with one attached hydrogen (secondary N) is 1. The van der Waals surface area contributed by atoms with Gasteiger partial charge in [-0.05, 0) is 48.6 Å². The van der Waals surface area contributed by atoms with Crippen molar-refractivity contribution in [2.75, 3.05) is 13.7 Å². The van der Waals surface area contributed by atoms with Gasteiger partial charge in [0.2, 0.25) is 0 Å². The Morgan fingerprint density at radius 3 is 1.79 bits per heavy atom. The Morgan fingerprint density at radius 2 is 1.30 bits per heavy atom. The summed E-state index contributed by atoms with van der Waals surface area (Å²) in [5.74, 6) is 0. The Hall–Kier alpha value is -3.37. The molecule has 2 N–H and O–H groups in total. The monoisotopic (exact) mass is 655 g/mol. The van der Waals surface area contributed by atoms with Crippen LogP contribution in [0.2, 0.25) is 0 Å². The van der Waals surface area contributed by atoms with Crippen LogP contribution in [0, 0.1) is 6.92 Å². The maximum atomic E-state index is 14.5. The Balaban J connectivity index is 1.40. The van der Waals surface area contributed by atoms with Crippen LogP contribution < -0.4 is 5.32 Å². The van der Waals surface area contributed by atoms with E-state index in [2.05, 4.69) is 5.32 Å². The van der Waals surface area contributed by atoms with E-state index in [0.717, 1.165) is 54.4 Å². The molecule has 6 rings (SSSR count). The van der Waals surface area contributed by atoms with Crippen LogP contribution in [0.5, 0.6) is 0 Å². The van der Waals surface area contributed by atoms with Crippen LogP contribution in [0.4, 0.5) is 0 Å². The number of hydrogen-bond acceptors (Lipinski definition) is 7. The van der Waals surface area contributed by atoms with Crippen molar-refractivity contribution in [3.63, 3.8) is 0 Å². The highest BCUT2D eigenvalue weighted by Gasteiger charge is 2.53. The molecule has 1 aliphatic carbocycles. The van der Waals surface area contributed by atoms with E-state index in [4.69, 9.17) is 14.2 Å². The van der Waals surface area contributed by atoms with Crippen molar-refractivity contribution in [3.05, 3.63) is 138 Å². The molecule has 4 aromatic carbocycles. The largest absolute Gasteiger partial charge is 0.389 e. The minimum Gasteiger partial charge on any atom is -0.389 e. The lowest BCUT2D eigenvalue weighted by Gasteiger charge is -2.46. The van der Waals surface area contributed by atoms with Gasteiger partial charge >= 0.3 is 0 Å². The Kier molecular flexibility index (Phi) is 10.6. The summed E-state index contributed by atoms with van der Waals surface area (Å²) in [5, 5.41) is 14.5. The summed E-state index contributed by atoms with van der Waals surface area (Å²) in [5.41, 5.74) is 2.57. The summed E-state index contributed by atoms with van der Waals surface area (Å²) in [6.07, 6.45) is 1.81. The van der Waals surface area contributed by atoms with E-state index in [1.165, 1.54) is 7.11 Å². The average molecular weight is 656 g/mol. The SMILES string of the molecule is CO[C@H]1O[C@H](COC(c2ccccc2)(c2ccccc2)c2ccccc2)[C@@H](O)[C@H](S(=O)(=O)c2ccc(C)cc2)[C@H]1NC1CCCCC1. The topological polar surface area (TPSA) is 94.1 Å². The van der Waals surface area contributed by atoms with Gasteiger partial charge in [0.05, 0.1) is 17.5 Å². The predicted molar refractivity (Wildman–Crippen MR) is 183 cm³/mol. The third-order valence-electron chi connectivity index (χ3n) is 9.65. The van der Waals surface area contributed by atoms with Crippen molar-refractivity contribution in [2.45, 2.75) is 85.4 Å². The van der Waals surface area contributed by atoms with Crippen molar-refractivity contribution in [2.24, 2.45) is 0 Å². The predicted octanol–water partition coefficient (Wildman–Crippen LogP) is 6.17. The number of ether oxygens (including phenoxy) is 3. The maximum Gasteiger partial charge on any atom is 0.185 e. The molecule has 0 unspecified atom stereocenters. The lowest BCUT2D eigenvalue weighted by atomic mass is 9.80. The number of rotatable bonds is 11. The summed E-state index contributed by atoms with van der Waals surface area (Å²) >= 11 is 0. The molecule has 1 saturated carbocycles. The molecule has 4 aromatic rings. The molecule has 248 valence electrons. The molecule has 0 aromatic heterocycles. The van der Waals surface area contributed by atoms with E-state index in [0.29, 0.717) is 0 Å². The van der Waals surface area contributed by atoms with Crippen LogP contribution in [0.1, 0.15) is 54.4 Å². The summed E-state index contributed by atoms with van der Waals surface area (Å²) in [6.45, 7) is 1.82. The highest BCUT2D eigenvalue weighted by atomic mass is 32.2. The van der Waals surface area contributed by atoms with Gasteiger partial charge in [-0.3, -0.25) is 0 Å². The van der Waals surface area contributed by atoms with Gasteiger partial charge in [0.25, 0.3) is 0 Å². The summed E-state index contributed by atoms with van der Waals surface area (Å²) < 4.78 is 48.3. The zero-order valence-corrected chi connectivity index (χ0v) is 27.9. The fourth-order valence-corrected chi connectivity index (χ4v) is 9.17.